The van der Waals surface area contributed by atoms with Crippen molar-refractivity contribution in [3.8, 4) is 0 Å². The number of aromatic amines is 1. The molecular formula is C24H19N3O2S. The Hall–Kier alpha value is -3.51. The fourth-order valence-corrected chi connectivity index (χ4v) is 3.73. The molecule has 4 rings (SSSR count). The average Bonchev–Trinajstić information content (AvgIpc) is 2.80. The molecule has 1 heterocycles. The van der Waals surface area contributed by atoms with Crippen LogP contribution < -0.4 is 5.56 Å². The van der Waals surface area contributed by atoms with Gasteiger partial charge in [-0.3, -0.25) is 14.6 Å². The number of carbonyl (C=O) groups is 1. The van der Waals surface area contributed by atoms with Crippen LogP contribution in [0.3, 0.4) is 0 Å². The van der Waals surface area contributed by atoms with E-state index in [0.717, 1.165) is 11.1 Å². The van der Waals surface area contributed by atoms with Crippen molar-refractivity contribution in [2.75, 3.05) is 0 Å². The molecule has 1 N–H and O–H groups in total. The van der Waals surface area contributed by atoms with Crippen LogP contribution in [-0.4, -0.2) is 21.0 Å². The van der Waals surface area contributed by atoms with Crippen LogP contribution in [0.4, 0.5) is 0 Å². The highest BCUT2D eigenvalue weighted by atomic mass is 32.2. The normalized spacial score (nSPS) is 10.7. The molecule has 0 aliphatic heterocycles. The number of benzene rings is 3. The highest BCUT2D eigenvalue weighted by molar-refractivity contribution is 7.98. The summed E-state index contributed by atoms with van der Waals surface area (Å²) in [5, 5.41) is 8.71. The van der Waals surface area contributed by atoms with Crippen LogP contribution >= 0.6 is 11.8 Å². The molecule has 0 fully saturated rings. The smallest absolute Gasteiger partial charge is 0.273 e. The van der Waals surface area contributed by atoms with Gasteiger partial charge in [0.05, 0.1) is 0 Å². The Morgan fingerprint density at radius 3 is 2.07 bits per heavy atom. The maximum absolute atomic E-state index is 12.5. The average molecular weight is 414 g/mol. The molecule has 0 spiro atoms. The first kappa shape index (κ1) is 19.8. The molecule has 30 heavy (non-hydrogen) atoms. The summed E-state index contributed by atoms with van der Waals surface area (Å²) in [6.45, 7) is 0. The second kappa shape index (κ2) is 9.33. The molecule has 0 unspecified atom stereocenters. The first-order valence-corrected chi connectivity index (χ1v) is 10.5. The zero-order valence-corrected chi connectivity index (χ0v) is 16.9. The van der Waals surface area contributed by atoms with Crippen molar-refractivity contribution in [1.82, 2.24) is 15.2 Å². The van der Waals surface area contributed by atoms with Crippen LogP contribution in [0, 0.1) is 0 Å². The minimum absolute atomic E-state index is 0.000922. The molecule has 6 heteroatoms. The number of thioether (sulfide) groups is 1. The fraction of sp³-hybridized carbons (Fsp3) is 0.0833. The number of nitrogens with zero attached hydrogens (tertiary/aromatic N) is 2. The van der Waals surface area contributed by atoms with Crippen LogP contribution in [0.1, 0.15) is 32.7 Å². The van der Waals surface area contributed by atoms with Crippen LogP contribution in [0.5, 0.6) is 0 Å². The maximum atomic E-state index is 12.5. The second-order valence-corrected chi connectivity index (χ2v) is 7.71. The second-order valence-electron chi connectivity index (χ2n) is 6.75. The third-order valence-electron chi connectivity index (χ3n) is 4.59. The lowest BCUT2D eigenvalue weighted by molar-refractivity contribution is 0.103. The van der Waals surface area contributed by atoms with Gasteiger partial charge < -0.3 is 0 Å². The number of hydrogen-bond donors (Lipinski definition) is 1. The Kier molecular flexibility index (Phi) is 6.15. The van der Waals surface area contributed by atoms with Crippen molar-refractivity contribution >= 4 is 17.5 Å². The van der Waals surface area contributed by atoms with E-state index in [0.29, 0.717) is 34.2 Å². The first-order valence-electron chi connectivity index (χ1n) is 9.50. The summed E-state index contributed by atoms with van der Waals surface area (Å²) in [7, 11) is 0. The number of carbonyl (C=O) groups excluding carboxylic acids is 1. The van der Waals surface area contributed by atoms with Gasteiger partial charge in [0.15, 0.2) is 10.9 Å². The monoisotopic (exact) mass is 413 g/mol. The summed E-state index contributed by atoms with van der Waals surface area (Å²) in [6.07, 6.45) is 0.449. The lowest BCUT2D eigenvalue weighted by atomic mass is 10.0. The molecule has 0 bridgehead atoms. The van der Waals surface area contributed by atoms with Crippen molar-refractivity contribution in [1.29, 1.82) is 0 Å². The Morgan fingerprint density at radius 2 is 1.40 bits per heavy atom. The van der Waals surface area contributed by atoms with Gasteiger partial charge in [-0.15, -0.1) is 10.2 Å². The molecule has 148 valence electrons. The molecular weight excluding hydrogens is 394 g/mol. The Morgan fingerprint density at radius 1 is 0.767 bits per heavy atom. The molecule has 0 amide bonds. The van der Waals surface area contributed by atoms with Gasteiger partial charge >= 0.3 is 0 Å². The van der Waals surface area contributed by atoms with E-state index in [1.807, 2.05) is 84.9 Å². The molecule has 0 aliphatic carbocycles. The van der Waals surface area contributed by atoms with E-state index in [-0.39, 0.29) is 11.3 Å². The maximum Gasteiger partial charge on any atom is 0.273 e. The van der Waals surface area contributed by atoms with Gasteiger partial charge in [-0.25, -0.2) is 0 Å². The lowest BCUT2D eigenvalue weighted by Gasteiger charge is -2.05. The first-order chi connectivity index (χ1) is 14.7. The van der Waals surface area contributed by atoms with Gasteiger partial charge in [0.1, 0.15) is 5.69 Å². The molecule has 0 saturated heterocycles. The van der Waals surface area contributed by atoms with E-state index in [9.17, 15) is 9.59 Å². The van der Waals surface area contributed by atoms with Gasteiger partial charge in [0.25, 0.3) is 5.56 Å². The summed E-state index contributed by atoms with van der Waals surface area (Å²) >= 11 is 1.40. The number of rotatable bonds is 7. The molecule has 3 aromatic carbocycles. The standard InChI is InChI=1S/C24H19N3O2S/c28-22(19-9-5-2-6-10-19)20-13-11-18(12-14-20)16-30-24-25-23(29)21(26-27-24)15-17-7-3-1-4-8-17/h1-14H,15-16H2,(H,25,27,29). The molecule has 4 aromatic rings. The SMILES string of the molecule is O=C(c1ccccc1)c1ccc(CSc2nnc(Cc3ccccc3)c(=O)[nH]2)cc1. The van der Waals surface area contributed by atoms with E-state index < -0.39 is 0 Å². The predicted octanol–water partition coefficient (Wildman–Crippen LogP) is 4.28. The molecule has 0 radical (unpaired) electrons. The quantitative estimate of drug-likeness (QED) is 0.362. The largest absolute Gasteiger partial charge is 0.298 e. The van der Waals surface area contributed by atoms with Crippen LogP contribution in [-0.2, 0) is 12.2 Å². The molecule has 0 aliphatic rings. The van der Waals surface area contributed by atoms with Gasteiger partial charge in [-0.2, -0.15) is 0 Å². The summed E-state index contributed by atoms with van der Waals surface area (Å²) < 4.78 is 0. The van der Waals surface area contributed by atoms with Crippen molar-refractivity contribution in [2.24, 2.45) is 0 Å². The van der Waals surface area contributed by atoms with E-state index in [4.69, 9.17) is 0 Å². The number of nitrogens with one attached hydrogen (secondary N) is 1. The minimum atomic E-state index is -0.222. The summed E-state index contributed by atoms with van der Waals surface area (Å²) in [5.74, 6) is 0.613. The van der Waals surface area contributed by atoms with Gasteiger partial charge in [0.2, 0.25) is 0 Å². The lowest BCUT2D eigenvalue weighted by Crippen LogP contribution is -2.17. The van der Waals surface area contributed by atoms with E-state index in [1.54, 1.807) is 0 Å². The van der Waals surface area contributed by atoms with Crippen LogP contribution in [0.15, 0.2) is 94.9 Å². The zero-order valence-electron chi connectivity index (χ0n) is 16.1. The van der Waals surface area contributed by atoms with E-state index in [1.165, 1.54) is 11.8 Å². The van der Waals surface area contributed by atoms with E-state index in [2.05, 4.69) is 15.2 Å². The highest BCUT2D eigenvalue weighted by Gasteiger charge is 2.09. The number of hydrogen-bond acceptors (Lipinski definition) is 5. The van der Waals surface area contributed by atoms with Crippen LogP contribution in [0.2, 0.25) is 0 Å². The Bertz CT molecular complexity index is 1190. The highest BCUT2D eigenvalue weighted by Crippen LogP contribution is 2.19. The molecule has 0 saturated carbocycles. The van der Waals surface area contributed by atoms with Crippen molar-refractivity contribution in [2.45, 2.75) is 17.3 Å². The summed E-state index contributed by atoms with van der Waals surface area (Å²) in [6, 6.07) is 26.4. The third kappa shape index (κ3) is 4.90. The van der Waals surface area contributed by atoms with Crippen molar-refractivity contribution < 1.29 is 4.79 Å². The third-order valence-corrected chi connectivity index (χ3v) is 5.52. The summed E-state index contributed by atoms with van der Waals surface area (Å²) in [5.41, 5.74) is 3.54. The Balaban J connectivity index is 1.38. The van der Waals surface area contributed by atoms with Crippen molar-refractivity contribution in [3.63, 3.8) is 0 Å². The number of aromatic nitrogens is 3. The fourth-order valence-electron chi connectivity index (χ4n) is 2.98. The van der Waals surface area contributed by atoms with Gasteiger partial charge in [-0.05, 0) is 11.1 Å². The number of ketones is 1. The van der Waals surface area contributed by atoms with Gasteiger partial charge in [-0.1, -0.05) is 96.7 Å². The molecule has 0 atom stereocenters. The predicted molar refractivity (Wildman–Crippen MR) is 118 cm³/mol. The Labute approximate surface area is 178 Å². The van der Waals surface area contributed by atoms with Crippen LogP contribution in [0.25, 0.3) is 0 Å². The van der Waals surface area contributed by atoms with E-state index >= 15 is 0 Å². The topological polar surface area (TPSA) is 75.7 Å². The van der Waals surface area contributed by atoms with Gasteiger partial charge in [0, 0.05) is 23.3 Å². The minimum Gasteiger partial charge on any atom is -0.298 e. The summed E-state index contributed by atoms with van der Waals surface area (Å²) in [4.78, 5) is 27.6. The number of H-pyrrole nitrogens is 1. The van der Waals surface area contributed by atoms with Crippen molar-refractivity contribution in [3.05, 3.63) is 123 Å². The molecule has 5 nitrogen and oxygen atoms in total. The zero-order chi connectivity index (χ0) is 20.8. The molecule has 1 aromatic heterocycles.